The Bertz CT molecular complexity index is 1400. The van der Waals surface area contributed by atoms with Crippen LogP contribution in [-0.2, 0) is 9.84 Å². The van der Waals surface area contributed by atoms with Crippen molar-refractivity contribution in [2.75, 3.05) is 11.5 Å². The van der Waals surface area contributed by atoms with Gasteiger partial charge in [-0.2, -0.15) is 5.10 Å². The van der Waals surface area contributed by atoms with Gasteiger partial charge in [-0.05, 0) is 32.9 Å². The van der Waals surface area contributed by atoms with E-state index in [0.717, 1.165) is 0 Å². The summed E-state index contributed by atoms with van der Waals surface area (Å²) in [6, 6.07) is 3.29. The van der Waals surface area contributed by atoms with E-state index in [2.05, 4.69) is 9.97 Å². The minimum Gasteiger partial charge on any atom is -0.459 e. The molecule has 0 bridgehead atoms. The van der Waals surface area contributed by atoms with Crippen LogP contribution in [0.15, 0.2) is 24.5 Å². The van der Waals surface area contributed by atoms with E-state index in [4.69, 9.17) is 9.84 Å². The number of hydrogen-bond acceptors (Lipinski definition) is 8. The maximum atomic E-state index is 13.4. The fraction of sp³-hybridized carbons (Fsp3) is 0.500. The first-order chi connectivity index (χ1) is 16.3. The van der Waals surface area contributed by atoms with Crippen LogP contribution >= 0.6 is 0 Å². The number of hydrogen-bond donors (Lipinski definition) is 1. The summed E-state index contributed by atoms with van der Waals surface area (Å²) in [6.07, 6.45) is 0.163. The van der Waals surface area contributed by atoms with Gasteiger partial charge in [-0.15, -0.1) is 0 Å². The van der Waals surface area contributed by atoms with Crippen molar-refractivity contribution in [2.24, 2.45) is 5.41 Å². The molecule has 4 rings (SSSR count). The van der Waals surface area contributed by atoms with Gasteiger partial charge in [0.05, 0.1) is 29.3 Å². The third-order valence-electron chi connectivity index (χ3n) is 6.30. The molecule has 1 saturated heterocycles. The predicted molar refractivity (Wildman–Crippen MR) is 129 cm³/mol. The average molecular weight is 505 g/mol. The second-order valence-corrected chi connectivity index (χ2v) is 11.9. The van der Waals surface area contributed by atoms with E-state index in [1.54, 1.807) is 30.7 Å². The molecule has 1 unspecified atom stereocenters. The minimum atomic E-state index is -3.40. The third-order valence-corrected chi connectivity index (χ3v) is 8.23. The van der Waals surface area contributed by atoms with Crippen molar-refractivity contribution in [2.45, 2.75) is 59.5 Å². The molecule has 3 aromatic heterocycles. The number of ether oxygens (including phenoxy) is 1. The van der Waals surface area contributed by atoms with Gasteiger partial charge in [-0.25, -0.2) is 12.8 Å². The maximum absolute atomic E-state index is 13.4. The van der Waals surface area contributed by atoms with E-state index in [0.29, 0.717) is 33.5 Å². The Hall–Kier alpha value is -2.92. The average Bonchev–Trinajstić information content (AvgIpc) is 3.22. The second kappa shape index (κ2) is 8.94. The van der Waals surface area contributed by atoms with Gasteiger partial charge in [-0.1, -0.05) is 6.92 Å². The Balaban J connectivity index is 1.75. The van der Waals surface area contributed by atoms with Crippen LogP contribution in [0.4, 0.5) is 4.39 Å². The highest BCUT2D eigenvalue weighted by Crippen LogP contribution is 2.37. The van der Waals surface area contributed by atoms with E-state index >= 15 is 0 Å². The zero-order valence-corrected chi connectivity index (χ0v) is 21.1. The van der Waals surface area contributed by atoms with Gasteiger partial charge < -0.3 is 9.84 Å². The monoisotopic (exact) mass is 504 g/mol. The van der Waals surface area contributed by atoms with Crippen LogP contribution in [0.1, 0.15) is 56.2 Å². The number of ketones is 1. The molecule has 0 saturated carbocycles. The first kappa shape index (κ1) is 25.2. The van der Waals surface area contributed by atoms with Crippen LogP contribution in [0.5, 0.6) is 5.75 Å². The Morgan fingerprint density at radius 1 is 1.29 bits per heavy atom. The number of sulfone groups is 1. The molecule has 188 valence electrons. The van der Waals surface area contributed by atoms with Crippen molar-refractivity contribution in [1.29, 1.82) is 0 Å². The molecule has 11 heteroatoms. The van der Waals surface area contributed by atoms with E-state index in [1.807, 2.05) is 13.8 Å². The number of pyridine rings is 2. The quantitative estimate of drug-likeness (QED) is 0.485. The van der Waals surface area contributed by atoms with Crippen molar-refractivity contribution in [3.05, 3.63) is 35.8 Å². The number of aryl methyl sites for hydroxylation is 1. The van der Waals surface area contributed by atoms with Gasteiger partial charge in [0, 0.05) is 47.8 Å². The van der Waals surface area contributed by atoms with Crippen molar-refractivity contribution >= 4 is 26.7 Å². The summed E-state index contributed by atoms with van der Waals surface area (Å²) in [6.45, 7) is 8.59. The normalized spacial score (nSPS) is 22.6. The largest absolute Gasteiger partial charge is 0.459 e. The lowest BCUT2D eigenvalue weighted by Crippen LogP contribution is -2.33. The Morgan fingerprint density at radius 2 is 2.00 bits per heavy atom. The molecule has 1 fully saturated rings. The summed E-state index contributed by atoms with van der Waals surface area (Å²) < 4.78 is 44.3. The molecule has 35 heavy (non-hydrogen) atoms. The smallest absolute Gasteiger partial charge is 0.235 e. The summed E-state index contributed by atoms with van der Waals surface area (Å²) in [5.74, 6) is -0.618. The molecular formula is C24H29FN4O5S. The lowest BCUT2D eigenvalue weighted by atomic mass is 9.81. The van der Waals surface area contributed by atoms with Gasteiger partial charge in [0.25, 0.3) is 0 Å². The second-order valence-electron chi connectivity index (χ2n) is 9.77. The van der Waals surface area contributed by atoms with Gasteiger partial charge in [0.2, 0.25) is 6.36 Å². The van der Waals surface area contributed by atoms with E-state index < -0.39 is 27.7 Å². The third kappa shape index (κ3) is 4.92. The molecule has 1 aliphatic rings. The van der Waals surface area contributed by atoms with Crippen LogP contribution in [0.3, 0.4) is 0 Å². The first-order valence-electron chi connectivity index (χ1n) is 11.4. The highest BCUT2D eigenvalue weighted by Gasteiger charge is 2.47. The number of aliphatic hydroxyl groups excluding tert-OH is 1. The van der Waals surface area contributed by atoms with Gasteiger partial charge in [0.15, 0.2) is 15.6 Å². The molecule has 0 radical (unpaired) electrons. The number of nitrogens with zero attached hydrogens (tertiary/aromatic N) is 4. The molecule has 0 amide bonds. The zero-order valence-electron chi connectivity index (χ0n) is 20.3. The Labute approximate surface area is 203 Å². The molecule has 4 heterocycles. The topological polar surface area (TPSA) is 124 Å². The zero-order chi connectivity index (χ0) is 25.7. The van der Waals surface area contributed by atoms with Crippen molar-refractivity contribution in [3.63, 3.8) is 0 Å². The fourth-order valence-electron chi connectivity index (χ4n) is 4.49. The number of rotatable bonds is 7. The number of fused-ring (bicyclic) bond motifs is 1. The van der Waals surface area contributed by atoms with Crippen LogP contribution < -0.4 is 4.74 Å². The molecule has 1 N–H and O–H groups in total. The first-order valence-corrected chi connectivity index (χ1v) is 13.2. The highest BCUT2D eigenvalue weighted by atomic mass is 32.2. The van der Waals surface area contributed by atoms with Crippen molar-refractivity contribution in [1.82, 2.24) is 19.7 Å². The molecular weight excluding hydrogens is 475 g/mol. The molecule has 3 aromatic rings. The summed E-state index contributed by atoms with van der Waals surface area (Å²) in [5.41, 5.74) is 2.23. The molecule has 1 aliphatic heterocycles. The van der Waals surface area contributed by atoms with E-state index in [9.17, 15) is 22.7 Å². The number of halogens is 1. The highest BCUT2D eigenvalue weighted by molar-refractivity contribution is 7.91. The van der Waals surface area contributed by atoms with Gasteiger partial charge in [0.1, 0.15) is 17.0 Å². The molecule has 3 atom stereocenters. The molecule has 0 spiro atoms. The summed E-state index contributed by atoms with van der Waals surface area (Å²) in [4.78, 5) is 22.0. The molecule has 9 nitrogen and oxygen atoms in total. The molecule has 0 aliphatic carbocycles. The van der Waals surface area contributed by atoms with E-state index in [-0.39, 0.29) is 35.5 Å². The number of aromatic nitrogens is 4. The maximum Gasteiger partial charge on any atom is 0.235 e. The Kier molecular flexibility index (Phi) is 6.43. The van der Waals surface area contributed by atoms with Crippen LogP contribution in [-0.4, -0.2) is 63.0 Å². The fourth-order valence-corrected chi connectivity index (χ4v) is 6.79. The predicted octanol–water partition coefficient (Wildman–Crippen LogP) is 3.45. The number of alkyl halides is 1. The summed E-state index contributed by atoms with van der Waals surface area (Å²) >= 11 is 0. The van der Waals surface area contributed by atoms with Crippen LogP contribution in [0.25, 0.3) is 22.3 Å². The van der Waals surface area contributed by atoms with Gasteiger partial charge in [-0.3, -0.25) is 19.4 Å². The summed E-state index contributed by atoms with van der Waals surface area (Å²) in [7, 11) is -3.40. The summed E-state index contributed by atoms with van der Waals surface area (Å²) in [5, 5.41) is 15.0. The lowest BCUT2D eigenvalue weighted by Gasteiger charge is -2.25. The number of carbonyl (C=O) groups excluding carboxylic acids is 1. The van der Waals surface area contributed by atoms with E-state index in [1.165, 1.54) is 19.3 Å². The standard InChI is InChI=1S/C24H29FN4O5S/c1-13(2)29-19-6-16(20(30)8-24(5)12-35(32,33)11-21(24)31)9-27-23(19)22(28-29)18-7-17(34-15(4)25)10-26-14(18)3/h6-7,9-10,13,15,21,31H,8,11-12H2,1-5H3/t15?,21-,24-/m1/s1. The number of carbonyl (C=O) groups is 1. The lowest BCUT2D eigenvalue weighted by molar-refractivity contribution is 0.0634. The number of Topliss-reactive ketones (excluding diaryl/α,β-unsaturated/α-hetero) is 1. The number of aliphatic hydroxyl groups is 1. The molecule has 0 aromatic carbocycles. The SMILES string of the molecule is Cc1ncc(OC(C)F)cc1-c1nn(C(C)C)c2cc(C(=O)C[C@]3(C)CS(=O)(=O)C[C@H]3O)cnc12. The van der Waals surface area contributed by atoms with Gasteiger partial charge >= 0.3 is 0 Å². The van der Waals surface area contributed by atoms with Crippen molar-refractivity contribution < 1.29 is 27.4 Å². The van der Waals surface area contributed by atoms with Crippen molar-refractivity contribution in [3.8, 4) is 17.0 Å². The Morgan fingerprint density at radius 3 is 2.60 bits per heavy atom. The van der Waals surface area contributed by atoms with Crippen LogP contribution in [0.2, 0.25) is 0 Å². The minimum absolute atomic E-state index is 0.0590. The van der Waals surface area contributed by atoms with Crippen LogP contribution in [0, 0.1) is 12.3 Å².